The second-order valence-corrected chi connectivity index (χ2v) is 6.39. The summed E-state index contributed by atoms with van der Waals surface area (Å²) in [4.78, 5) is 11.9. The topological polar surface area (TPSA) is 126 Å². The molecule has 0 saturated carbocycles. The standard InChI is InChI=1S/C14H11N7O2S/c1-10-3-4-11(8-15)7-12(10)24(22,23)20-14-18-9-19-21(14)13-16-5-2-6-17-13/h2-7,9H,1H3,(H,18,19,20). The fourth-order valence-corrected chi connectivity index (χ4v) is 3.26. The highest BCUT2D eigenvalue weighted by Gasteiger charge is 2.21. The maximum atomic E-state index is 12.6. The molecule has 0 amide bonds. The van der Waals surface area contributed by atoms with Gasteiger partial charge in [0.05, 0.1) is 16.5 Å². The van der Waals surface area contributed by atoms with Crippen molar-refractivity contribution in [2.45, 2.75) is 11.8 Å². The molecule has 0 atom stereocenters. The molecule has 10 heteroatoms. The van der Waals surface area contributed by atoms with Crippen LogP contribution >= 0.6 is 0 Å². The predicted molar refractivity (Wildman–Crippen MR) is 83.7 cm³/mol. The van der Waals surface area contributed by atoms with Crippen LogP contribution < -0.4 is 4.72 Å². The number of rotatable bonds is 4. The molecule has 3 rings (SSSR count). The van der Waals surface area contributed by atoms with Crippen LogP contribution in [0.4, 0.5) is 5.95 Å². The van der Waals surface area contributed by atoms with Crippen LogP contribution in [-0.2, 0) is 10.0 Å². The average molecular weight is 341 g/mol. The van der Waals surface area contributed by atoms with E-state index in [4.69, 9.17) is 5.26 Å². The van der Waals surface area contributed by atoms with Crippen molar-refractivity contribution in [3.05, 3.63) is 54.1 Å². The highest BCUT2D eigenvalue weighted by molar-refractivity contribution is 7.92. The van der Waals surface area contributed by atoms with E-state index in [1.165, 1.54) is 29.5 Å². The Balaban J connectivity index is 2.01. The fourth-order valence-electron chi connectivity index (χ4n) is 1.99. The number of aromatic nitrogens is 5. The molecule has 120 valence electrons. The van der Waals surface area contributed by atoms with E-state index >= 15 is 0 Å². The summed E-state index contributed by atoms with van der Waals surface area (Å²) in [5.41, 5.74) is 0.748. The van der Waals surface area contributed by atoms with E-state index in [0.29, 0.717) is 5.56 Å². The van der Waals surface area contributed by atoms with Gasteiger partial charge in [0.2, 0.25) is 5.95 Å². The Hall–Kier alpha value is -3.32. The molecule has 0 radical (unpaired) electrons. The Morgan fingerprint density at radius 2 is 1.96 bits per heavy atom. The van der Waals surface area contributed by atoms with Crippen LogP contribution in [0.2, 0.25) is 0 Å². The van der Waals surface area contributed by atoms with E-state index in [1.807, 2.05) is 6.07 Å². The summed E-state index contributed by atoms with van der Waals surface area (Å²) in [5, 5.41) is 12.9. The summed E-state index contributed by atoms with van der Waals surface area (Å²) in [7, 11) is -3.96. The van der Waals surface area contributed by atoms with Gasteiger partial charge >= 0.3 is 0 Å². The zero-order chi connectivity index (χ0) is 17.2. The number of hydrogen-bond donors (Lipinski definition) is 1. The molecule has 0 aliphatic heterocycles. The number of anilines is 1. The van der Waals surface area contributed by atoms with Gasteiger partial charge in [-0.1, -0.05) is 6.07 Å². The second-order valence-electron chi connectivity index (χ2n) is 4.74. The molecule has 0 aliphatic rings. The van der Waals surface area contributed by atoms with Crippen molar-refractivity contribution < 1.29 is 8.42 Å². The SMILES string of the molecule is Cc1ccc(C#N)cc1S(=O)(=O)Nc1ncnn1-c1ncccn1. The molecular formula is C14H11N7O2S. The number of hydrogen-bond acceptors (Lipinski definition) is 7. The summed E-state index contributed by atoms with van der Waals surface area (Å²) in [6.45, 7) is 1.64. The van der Waals surface area contributed by atoms with Crippen molar-refractivity contribution in [3.63, 3.8) is 0 Å². The van der Waals surface area contributed by atoms with Crippen molar-refractivity contribution in [2.24, 2.45) is 0 Å². The molecule has 0 bridgehead atoms. The van der Waals surface area contributed by atoms with Crippen LogP contribution in [0.3, 0.4) is 0 Å². The number of aryl methyl sites for hydroxylation is 1. The Morgan fingerprint density at radius 3 is 2.67 bits per heavy atom. The highest BCUT2D eigenvalue weighted by atomic mass is 32.2. The predicted octanol–water partition coefficient (Wildman–Crippen LogP) is 1.04. The molecule has 1 aromatic carbocycles. The number of nitriles is 1. The van der Waals surface area contributed by atoms with Crippen molar-refractivity contribution in [1.82, 2.24) is 24.7 Å². The number of nitrogens with one attached hydrogen (secondary N) is 1. The quantitative estimate of drug-likeness (QED) is 0.751. The van der Waals surface area contributed by atoms with E-state index in [-0.39, 0.29) is 22.4 Å². The molecule has 2 heterocycles. The van der Waals surface area contributed by atoms with Gasteiger partial charge < -0.3 is 0 Å². The van der Waals surface area contributed by atoms with Crippen LogP contribution in [0, 0.1) is 18.3 Å². The van der Waals surface area contributed by atoms with Gasteiger partial charge in [-0.3, -0.25) is 0 Å². The molecule has 1 N–H and O–H groups in total. The lowest BCUT2D eigenvalue weighted by Crippen LogP contribution is -2.18. The molecular weight excluding hydrogens is 330 g/mol. The first-order chi connectivity index (χ1) is 11.5. The van der Waals surface area contributed by atoms with E-state index in [2.05, 4.69) is 24.8 Å². The largest absolute Gasteiger partial charge is 0.264 e. The monoisotopic (exact) mass is 341 g/mol. The molecule has 0 fully saturated rings. The normalized spacial score (nSPS) is 11.0. The molecule has 0 saturated heterocycles. The van der Waals surface area contributed by atoms with Gasteiger partial charge in [-0.25, -0.2) is 23.1 Å². The molecule has 24 heavy (non-hydrogen) atoms. The molecule has 3 aromatic rings. The lowest BCUT2D eigenvalue weighted by Gasteiger charge is -2.10. The smallest absolute Gasteiger partial charge is 0.247 e. The first kappa shape index (κ1) is 15.6. The zero-order valence-electron chi connectivity index (χ0n) is 12.4. The molecule has 9 nitrogen and oxygen atoms in total. The van der Waals surface area contributed by atoms with E-state index in [0.717, 1.165) is 0 Å². The van der Waals surface area contributed by atoms with Gasteiger partial charge in [0.25, 0.3) is 16.0 Å². The van der Waals surface area contributed by atoms with Crippen molar-refractivity contribution >= 4 is 16.0 Å². The van der Waals surface area contributed by atoms with Crippen molar-refractivity contribution in [2.75, 3.05) is 4.72 Å². The van der Waals surface area contributed by atoms with Crippen LogP contribution in [0.1, 0.15) is 11.1 Å². The summed E-state index contributed by atoms with van der Waals surface area (Å²) in [5.74, 6) is 0.123. The maximum absolute atomic E-state index is 12.6. The second kappa shape index (κ2) is 6.05. The third-order valence-corrected chi connectivity index (χ3v) is 4.59. The minimum absolute atomic E-state index is 0.00919. The lowest BCUT2D eigenvalue weighted by molar-refractivity contribution is 0.599. The van der Waals surface area contributed by atoms with E-state index < -0.39 is 10.0 Å². The van der Waals surface area contributed by atoms with Crippen LogP contribution in [-0.4, -0.2) is 33.2 Å². The minimum atomic E-state index is -3.96. The summed E-state index contributed by atoms with van der Waals surface area (Å²) < 4.78 is 28.8. The van der Waals surface area contributed by atoms with Gasteiger partial charge in [-0.05, 0) is 30.7 Å². The van der Waals surface area contributed by atoms with Crippen LogP contribution in [0.15, 0.2) is 47.9 Å². The molecule has 0 spiro atoms. The minimum Gasteiger partial charge on any atom is -0.247 e. The van der Waals surface area contributed by atoms with E-state index in [1.54, 1.807) is 25.1 Å². The summed E-state index contributed by atoms with van der Waals surface area (Å²) >= 11 is 0. The highest BCUT2D eigenvalue weighted by Crippen LogP contribution is 2.20. The van der Waals surface area contributed by atoms with Gasteiger partial charge in [0, 0.05) is 12.4 Å². The van der Waals surface area contributed by atoms with Gasteiger partial charge in [0.15, 0.2) is 0 Å². The number of nitrogens with zero attached hydrogens (tertiary/aromatic N) is 6. The lowest BCUT2D eigenvalue weighted by atomic mass is 10.2. The number of benzene rings is 1. The fraction of sp³-hybridized carbons (Fsp3) is 0.0714. The Labute approximate surface area is 137 Å². The van der Waals surface area contributed by atoms with Crippen molar-refractivity contribution in [3.8, 4) is 12.0 Å². The Morgan fingerprint density at radius 1 is 1.21 bits per heavy atom. The van der Waals surface area contributed by atoms with Gasteiger partial charge in [-0.15, -0.1) is 0 Å². The van der Waals surface area contributed by atoms with Crippen molar-refractivity contribution in [1.29, 1.82) is 5.26 Å². The maximum Gasteiger partial charge on any atom is 0.264 e. The van der Waals surface area contributed by atoms with Gasteiger partial charge in [-0.2, -0.15) is 20.0 Å². The Bertz CT molecular complexity index is 1020. The number of sulfonamides is 1. The van der Waals surface area contributed by atoms with Crippen LogP contribution in [0.25, 0.3) is 5.95 Å². The zero-order valence-corrected chi connectivity index (χ0v) is 13.3. The van der Waals surface area contributed by atoms with Gasteiger partial charge in [0.1, 0.15) is 6.33 Å². The Kier molecular flexibility index (Phi) is 3.93. The first-order valence-corrected chi connectivity index (χ1v) is 8.20. The molecule has 0 aliphatic carbocycles. The van der Waals surface area contributed by atoms with E-state index in [9.17, 15) is 8.42 Å². The molecule has 0 unspecified atom stereocenters. The third kappa shape index (κ3) is 2.92. The first-order valence-electron chi connectivity index (χ1n) is 6.72. The van der Waals surface area contributed by atoms with Crippen LogP contribution in [0.5, 0.6) is 0 Å². The summed E-state index contributed by atoms with van der Waals surface area (Å²) in [6.07, 6.45) is 4.19. The molecule has 2 aromatic heterocycles. The summed E-state index contributed by atoms with van der Waals surface area (Å²) in [6, 6.07) is 7.96. The average Bonchev–Trinajstić information content (AvgIpc) is 3.03. The third-order valence-electron chi connectivity index (χ3n) is 3.12.